The molecule has 1 atom stereocenters. The van der Waals surface area contributed by atoms with Crippen LogP contribution in [0.3, 0.4) is 0 Å². The lowest BCUT2D eigenvalue weighted by Gasteiger charge is -2.28. The fourth-order valence-electron chi connectivity index (χ4n) is 2.21. The van der Waals surface area contributed by atoms with Crippen molar-refractivity contribution in [3.63, 3.8) is 0 Å². The van der Waals surface area contributed by atoms with Crippen LogP contribution in [-0.2, 0) is 14.8 Å². The third-order valence-corrected chi connectivity index (χ3v) is 6.01. The summed E-state index contributed by atoms with van der Waals surface area (Å²) in [5.41, 5.74) is -0.491. The zero-order valence-electron chi connectivity index (χ0n) is 13.3. The maximum Gasteiger partial charge on any atom is 0.337 e. The third kappa shape index (κ3) is 3.92. The van der Waals surface area contributed by atoms with Gasteiger partial charge in [0.05, 0.1) is 21.2 Å². The number of anilines is 1. The first-order valence-corrected chi connectivity index (χ1v) is 9.31. The minimum Gasteiger partial charge on any atom is -0.480 e. The second-order valence-corrected chi connectivity index (χ2v) is 7.90. The number of hydrogen-bond acceptors (Lipinski definition) is 4. The third-order valence-electron chi connectivity index (χ3n) is 3.51. The van der Waals surface area contributed by atoms with Crippen molar-refractivity contribution in [3.8, 4) is 0 Å². The van der Waals surface area contributed by atoms with Crippen LogP contribution in [0.25, 0.3) is 0 Å². The molecule has 0 saturated heterocycles. The predicted molar refractivity (Wildman–Crippen MR) is 96.6 cm³/mol. The van der Waals surface area contributed by atoms with Gasteiger partial charge in [-0.25, -0.2) is 18.0 Å². The van der Waals surface area contributed by atoms with Crippen molar-refractivity contribution in [2.75, 3.05) is 4.31 Å². The lowest BCUT2D eigenvalue weighted by Crippen LogP contribution is -2.43. The van der Waals surface area contributed by atoms with Gasteiger partial charge in [-0.05, 0) is 49.4 Å². The quantitative estimate of drug-likeness (QED) is 0.744. The van der Waals surface area contributed by atoms with Gasteiger partial charge >= 0.3 is 11.9 Å². The fraction of sp³-hybridized carbons (Fsp3) is 0.125. The molecule has 0 aliphatic carbocycles. The van der Waals surface area contributed by atoms with E-state index >= 15 is 0 Å². The van der Waals surface area contributed by atoms with E-state index in [9.17, 15) is 28.2 Å². The van der Waals surface area contributed by atoms with Gasteiger partial charge in [0.15, 0.2) is 0 Å². The van der Waals surface area contributed by atoms with Gasteiger partial charge in [0.25, 0.3) is 10.0 Å². The van der Waals surface area contributed by atoms with Crippen molar-refractivity contribution in [2.24, 2.45) is 0 Å². The van der Waals surface area contributed by atoms with Crippen LogP contribution >= 0.6 is 23.2 Å². The Bertz CT molecular complexity index is 959. The first kappa shape index (κ1) is 20.0. The molecule has 138 valence electrons. The Morgan fingerprint density at radius 3 is 2.12 bits per heavy atom. The highest BCUT2D eigenvalue weighted by molar-refractivity contribution is 7.92. The second kappa shape index (κ2) is 7.53. The summed E-state index contributed by atoms with van der Waals surface area (Å²) in [6.07, 6.45) is 0. The molecule has 0 fully saturated rings. The second-order valence-electron chi connectivity index (χ2n) is 5.24. The van der Waals surface area contributed by atoms with Gasteiger partial charge in [0, 0.05) is 5.02 Å². The molecule has 2 rings (SSSR count). The molecule has 0 saturated carbocycles. The van der Waals surface area contributed by atoms with Gasteiger partial charge < -0.3 is 10.2 Å². The molecule has 0 bridgehead atoms. The number of benzene rings is 2. The van der Waals surface area contributed by atoms with E-state index < -0.39 is 28.0 Å². The largest absolute Gasteiger partial charge is 0.480 e. The number of hydrogen-bond donors (Lipinski definition) is 2. The van der Waals surface area contributed by atoms with Gasteiger partial charge in [0.2, 0.25) is 0 Å². The molecule has 7 nitrogen and oxygen atoms in total. The summed E-state index contributed by atoms with van der Waals surface area (Å²) in [4.78, 5) is 22.5. The van der Waals surface area contributed by atoms with E-state index in [4.69, 9.17) is 23.2 Å². The van der Waals surface area contributed by atoms with Crippen molar-refractivity contribution >= 4 is 50.9 Å². The monoisotopic (exact) mass is 417 g/mol. The number of nitrogens with zero attached hydrogens (tertiary/aromatic N) is 1. The Balaban J connectivity index is 2.68. The minimum atomic E-state index is -4.31. The number of halogens is 2. The minimum absolute atomic E-state index is 0.104. The van der Waals surface area contributed by atoms with Crippen LogP contribution in [0.2, 0.25) is 10.0 Å². The molecule has 1 unspecified atom stereocenters. The topological polar surface area (TPSA) is 112 Å². The highest BCUT2D eigenvalue weighted by Crippen LogP contribution is 2.30. The van der Waals surface area contributed by atoms with Crippen molar-refractivity contribution in [1.29, 1.82) is 0 Å². The van der Waals surface area contributed by atoms with Crippen molar-refractivity contribution in [2.45, 2.75) is 17.9 Å². The molecular formula is C16H13Cl2NO6S. The van der Waals surface area contributed by atoms with Crippen molar-refractivity contribution in [3.05, 3.63) is 58.1 Å². The van der Waals surface area contributed by atoms with Gasteiger partial charge in [-0.1, -0.05) is 23.2 Å². The van der Waals surface area contributed by atoms with E-state index in [1.807, 2.05) is 0 Å². The average Bonchev–Trinajstić information content (AvgIpc) is 2.56. The standard InChI is InChI=1S/C16H13Cl2NO6S/c1-9(15(20)21)19(11-4-7-14(18)13(8-11)16(22)23)26(24,25)12-5-2-10(17)3-6-12/h2-9H,1H3,(H,20,21)(H,22,23). The number of aliphatic carboxylic acids is 1. The van der Waals surface area contributed by atoms with Crippen LogP contribution in [0, 0.1) is 0 Å². The number of carbonyl (C=O) groups is 2. The summed E-state index contributed by atoms with van der Waals surface area (Å²) in [6.45, 7) is 1.17. The molecule has 0 aliphatic rings. The van der Waals surface area contributed by atoms with E-state index in [0.717, 1.165) is 6.07 Å². The number of rotatable bonds is 6. The molecule has 0 aromatic heterocycles. The van der Waals surface area contributed by atoms with E-state index in [0.29, 0.717) is 9.33 Å². The smallest absolute Gasteiger partial charge is 0.337 e. The van der Waals surface area contributed by atoms with Crippen LogP contribution in [0.5, 0.6) is 0 Å². The molecule has 0 aliphatic heterocycles. The number of carboxylic acid groups (broad SMARTS) is 2. The summed E-state index contributed by atoms with van der Waals surface area (Å²) >= 11 is 11.6. The normalized spacial score (nSPS) is 12.4. The molecule has 0 radical (unpaired) electrons. The summed E-state index contributed by atoms with van der Waals surface area (Å²) in [7, 11) is -4.31. The van der Waals surface area contributed by atoms with E-state index in [2.05, 4.69) is 0 Å². The summed E-state index contributed by atoms with van der Waals surface area (Å²) in [6, 6.07) is 7.10. The molecule has 26 heavy (non-hydrogen) atoms. The maximum absolute atomic E-state index is 13.0. The lowest BCUT2D eigenvalue weighted by atomic mass is 10.2. The molecule has 0 amide bonds. The van der Waals surface area contributed by atoms with Crippen LogP contribution in [0.1, 0.15) is 17.3 Å². The van der Waals surface area contributed by atoms with E-state index in [-0.39, 0.29) is 21.2 Å². The van der Waals surface area contributed by atoms with Gasteiger partial charge in [-0.2, -0.15) is 0 Å². The number of sulfonamides is 1. The van der Waals surface area contributed by atoms with E-state index in [1.54, 1.807) is 0 Å². The summed E-state index contributed by atoms with van der Waals surface area (Å²) in [5, 5.41) is 18.7. The number of aromatic carboxylic acids is 1. The first-order valence-electron chi connectivity index (χ1n) is 7.11. The average molecular weight is 418 g/mol. The van der Waals surface area contributed by atoms with Crippen molar-refractivity contribution in [1.82, 2.24) is 0 Å². The lowest BCUT2D eigenvalue weighted by molar-refractivity contribution is -0.137. The maximum atomic E-state index is 13.0. The first-order chi connectivity index (χ1) is 12.1. The molecule has 2 aromatic rings. The Morgan fingerprint density at radius 1 is 1.04 bits per heavy atom. The van der Waals surface area contributed by atoms with Crippen LogP contribution in [0.4, 0.5) is 5.69 Å². The van der Waals surface area contributed by atoms with Gasteiger partial charge in [0.1, 0.15) is 6.04 Å². The molecule has 0 heterocycles. The zero-order chi connectivity index (χ0) is 19.6. The molecule has 2 N–H and O–H groups in total. The Morgan fingerprint density at radius 2 is 1.62 bits per heavy atom. The van der Waals surface area contributed by atoms with Gasteiger partial charge in [-0.15, -0.1) is 0 Å². The highest BCUT2D eigenvalue weighted by Gasteiger charge is 2.34. The van der Waals surface area contributed by atoms with Gasteiger partial charge in [-0.3, -0.25) is 4.31 Å². The molecule has 2 aromatic carbocycles. The molecule has 10 heteroatoms. The summed E-state index contributed by atoms with van der Waals surface area (Å²) in [5.74, 6) is -2.78. The number of carboxylic acids is 2. The summed E-state index contributed by atoms with van der Waals surface area (Å²) < 4.78 is 26.6. The fourth-order valence-corrected chi connectivity index (χ4v) is 4.13. The molecular weight excluding hydrogens is 405 g/mol. The zero-order valence-corrected chi connectivity index (χ0v) is 15.6. The predicted octanol–water partition coefficient (Wildman–Crippen LogP) is 3.36. The Labute approximate surface area is 159 Å². The van der Waals surface area contributed by atoms with Crippen LogP contribution < -0.4 is 4.31 Å². The van der Waals surface area contributed by atoms with Crippen LogP contribution in [-0.4, -0.2) is 36.6 Å². The highest BCUT2D eigenvalue weighted by atomic mass is 35.5. The Kier molecular flexibility index (Phi) is 5.80. The van der Waals surface area contributed by atoms with Crippen LogP contribution in [0.15, 0.2) is 47.4 Å². The Hall–Kier alpha value is -2.29. The van der Waals surface area contributed by atoms with Crippen molar-refractivity contribution < 1.29 is 28.2 Å². The molecule has 0 spiro atoms. The SMILES string of the molecule is CC(C(=O)O)N(c1ccc(Cl)c(C(=O)O)c1)S(=O)(=O)c1ccc(Cl)cc1. The van der Waals surface area contributed by atoms with E-state index in [1.165, 1.54) is 43.3 Å².